The van der Waals surface area contributed by atoms with Crippen molar-refractivity contribution in [3.63, 3.8) is 0 Å². The third-order valence-corrected chi connectivity index (χ3v) is 3.83. The Labute approximate surface area is 122 Å². The molecule has 0 amide bonds. The van der Waals surface area contributed by atoms with Crippen molar-refractivity contribution in [2.45, 2.75) is 38.8 Å². The Bertz CT molecular complexity index is 780. The van der Waals surface area contributed by atoms with Crippen molar-refractivity contribution in [2.24, 2.45) is 0 Å². The Balaban J connectivity index is 1.83. The fourth-order valence-electron chi connectivity index (χ4n) is 2.42. The third-order valence-electron chi connectivity index (χ3n) is 3.83. The predicted octanol–water partition coefficient (Wildman–Crippen LogP) is 2.98. The van der Waals surface area contributed by atoms with Crippen LogP contribution in [0.5, 0.6) is 0 Å². The molecule has 1 aliphatic rings. The summed E-state index contributed by atoms with van der Waals surface area (Å²) in [4.78, 5) is 8.97. The fraction of sp³-hybridized carbons (Fsp3) is 0.400. The van der Waals surface area contributed by atoms with Crippen molar-refractivity contribution in [3.8, 4) is 11.4 Å². The molecule has 0 aliphatic heterocycles. The largest absolute Gasteiger partial charge is 0.367 e. The Morgan fingerprint density at radius 2 is 2.19 bits per heavy atom. The lowest BCUT2D eigenvalue weighted by Crippen LogP contribution is -2.03. The number of aromatic nitrogens is 5. The highest BCUT2D eigenvalue weighted by Gasteiger charge is 2.24. The fourth-order valence-corrected chi connectivity index (χ4v) is 2.42. The zero-order valence-corrected chi connectivity index (χ0v) is 12.2. The minimum Gasteiger partial charge on any atom is -0.367 e. The molecule has 0 atom stereocenters. The number of hydrogen-bond donors (Lipinski definition) is 2. The van der Waals surface area contributed by atoms with E-state index in [1.165, 1.54) is 12.8 Å². The smallest absolute Gasteiger partial charge is 0.137 e. The van der Waals surface area contributed by atoms with Crippen LogP contribution in [0.25, 0.3) is 22.3 Å². The SMILES string of the molecule is CC(C)n1cnc(-c2n[nH]c3ccnc(NC4CC4)c23)c1. The molecule has 0 aromatic carbocycles. The molecular weight excluding hydrogens is 264 g/mol. The van der Waals surface area contributed by atoms with Crippen LogP contribution in [0.15, 0.2) is 24.8 Å². The lowest BCUT2D eigenvalue weighted by atomic mass is 10.2. The monoisotopic (exact) mass is 282 g/mol. The standard InChI is InChI=1S/C15H18N6/c1-9(2)21-7-12(17-8-21)14-13-11(19-20-14)5-6-16-15(13)18-10-3-4-10/h5-10H,3-4H2,1-2H3,(H,16,18)(H,19,20). The minimum absolute atomic E-state index is 0.388. The zero-order chi connectivity index (χ0) is 14.4. The maximum atomic E-state index is 4.49. The molecule has 2 N–H and O–H groups in total. The number of hydrogen-bond acceptors (Lipinski definition) is 4. The molecule has 6 heteroatoms. The highest BCUT2D eigenvalue weighted by atomic mass is 15.2. The normalized spacial score (nSPS) is 15.0. The van der Waals surface area contributed by atoms with Crippen LogP contribution in [0.1, 0.15) is 32.7 Å². The summed E-state index contributed by atoms with van der Waals surface area (Å²) in [5.74, 6) is 0.901. The van der Waals surface area contributed by atoms with E-state index in [1.54, 1.807) is 0 Å². The second-order valence-corrected chi connectivity index (χ2v) is 5.87. The lowest BCUT2D eigenvalue weighted by molar-refractivity contribution is 0.600. The Kier molecular flexibility index (Phi) is 2.70. The molecule has 6 nitrogen and oxygen atoms in total. The Hall–Kier alpha value is -2.37. The van der Waals surface area contributed by atoms with E-state index in [0.717, 1.165) is 28.1 Å². The third kappa shape index (κ3) is 2.16. The minimum atomic E-state index is 0.388. The average Bonchev–Trinajstić information content (AvgIpc) is 3.00. The van der Waals surface area contributed by atoms with E-state index >= 15 is 0 Å². The molecular formula is C15H18N6. The summed E-state index contributed by atoms with van der Waals surface area (Å²) in [5, 5.41) is 12.0. The van der Waals surface area contributed by atoms with Crippen LogP contribution in [0.4, 0.5) is 5.82 Å². The van der Waals surface area contributed by atoms with Gasteiger partial charge in [0.05, 0.1) is 17.2 Å². The van der Waals surface area contributed by atoms with Gasteiger partial charge in [0, 0.05) is 24.5 Å². The molecule has 0 radical (unpaired) electrons. The summed E-state index contributed by atoms with van der Waals surface area (Å²) >= 11 is 0. The number of nitrogens with one attached hydrogen (secondary N) is 2. The van der Waals surface area contributed by atoms with Crippen molar-refractivity contribution in [2.75, 3.05) is 5.32 Å². The quantitative estimate of drug-likeness (QED) is 0.771. The molecule has 0 bridgehead atoms. The first-order chi connectivity index (χ1) is 10.2. The van der Waals surface area contributed by atoms with Crippen LogP contribution < -0.4 is 5.32 Å². The first-order valence-electron chi connectivity index (χ1n) is 7.36. The number of fused-ring (bicyclic) bond motifs is 1. The van der Waals surface area contributed by atoms with E-state index in [9.17, 15) is 0 Å². The van der Waals surface area contributed by atoms with E-state index in [4.69, 9.17) is 0 Å². The second kappa shape index (κ2) is 4.58. The summed E-state index contributed by atoms with van der Waals surface area (Å²) in [6, 6.07) is 2.89. The number of rotatable bonds is 4. The van der Waals surface area contributed by atoms with Crippen molar-refractivity contribution < 1.29 is 0 Å². The van der Waals surface area contributed by atoms with Gasteiger partial charge in [-0.25, -0.2) is 9.97 Å². The molecule has 0 saturated heterocycles. The first kappa shape index (κ1) is 12.4. The van der Waals surface area contributed by atoms with E-state index in [0.29, 0.717) is 12.1 Å². The lowest BCUT2D eigenvalue weighted by Gasteiger charge is -2.05. The van der Waals surface area contributed by atoms with Gasteiger partial charge in [-0.15, -0.1) is 0 Å². The summed E-state index contributed by atoms with van der Waals surface area (Å²) in [6.45, 7) is 4.27. The van der Waals surface area contributed by atoms with Gasteiger partial charge in [0.2, 0.25) is 0 Å². The van der Waals surface area contributed by atoms with Gasteiger partial charge in [0.15, 0.2) is 0 Å². The second-order valence-electron chi connectivity index (χ2n) is 5.87. The van der Waals surface area contributed by atoms with Crippen LogP contribution in [-0.2, 0) is 0 Å². The number of imidazole rings is 1. The van der Waals surface area contributed by atoms with Gasteiger partial charge in [-0.1, -0.05) is 0 Å². The zero-order valence-electron chi connectivity index (χ0n) is 12.2. The summed E-state index contributed by atoms with van der Waals surface area (Å²) in [7, 11) is 0. The molecule has 3 aromatic heterocycles. The van der Waals surface area contributed by atoms with Crippen LogP contribution in [0.3, 0.4) is 0 Å². The van der Waals surface area contributed by atoms with Crippen molar-refractivity contribution in [3.05, 3.63) is 24.8 Å². The van der Waals surface area contributed by atoms with E-state index < -0.39 is 0 Å². The summed E-state index contributed by atoms with van der Waals surface area (Å²) in [6.07, 6.45) is 8.13. The molecule has 21 heavy (non-hydrogen) atoms. The van der Waals surface area contributed by atoms with E-state index in [-0.39, 0.29) is 0 Å². The number of H-pyrrole nitrogens is 1. The topological polar surface area (TPSA) is 71.4 Å². The van der Waals surface area contributed by atoms with Gasteiger partial charge in [-0.05, 0) is 32.8 Å². The van der Waals surface area contributed by atoms with Crippen molar-refractivity contribution in [1.29, 1.82) is 0 Å². The van der Waals surface area contributed by atoms with Crippen molar-refractivity contribution >= 4 is 16.7 Å². The molecule has 1 aliphatic carbocycles. The van der Waals surface area contributed by atoms with Crippen molar-refractivity contribution in [1.82, 2.24) is 24.7 Å². The number of nitrogens with zero attached hydrogens (tertiary/aromatic N) is 4. The van der Waals surface area contributed by atoms with Gasteiger partial charge >= 0.3 is 0 Å². The van der Waals surface area contributed by atoms with Gasteiger partial charge in [0.1, 0.15) is 17.2 Å². The molecule has 1 saturated carbocycles. The Morgan fingerprint density at radius 1 is 1.33 bits per heavy atom. The summed E-state index contributed by atoms with van der Waals surface area (Å²) in [5.41, 5.74) is 2.73. The van der Waals surface area contributed by atoms with Crippen LogP contribution in [0.2, 0.25) is 0 Å². The van der Waals surface area contributed by atoms with Crippen LogP contribution in [-0.4, -0.2) is 30.8 Å². The van der Waals surface area contributed by atoms with Crippen LogP contribution in [0, 0.1) is 0 Å². The van der Waals surface area contributed by atoms with Gasteiger partial charge in [-0.3, -0.25) is 5.10 Å². The number of anilines is 1. The number of aromatic amines is 1. The number of pyridine rings is 1. The van der Waals surface area contributed by atoms with Crippen LogP contribution >= 0.6 is 0 Å². The summed E-state index contributed by atoms with van der Waals surface area (Å²) < 4.78 is 2.08. The Morgan fingerprint density at radius 3 is 2.90 bits per heavy atom. The highest BCUT2D eigenvalue weighted by molar-refractivity contribution is 5.99. The molecule has 1 fully saturated rings. The molecule has 108 valence electrons. The maximum Gasteiger partial charge on any atom is 0.137 e. The molecule has 3 aromatic rings. The first-order valence-corrected chi connectivity index (χ1v) is 7.36. The highest BCUT2D eigenvalue weighted by Crippen LogP contribution is 2.33. The average molecular weight is 282 g/mol. The van der Waals surface area contributed by atoms with Gasteiger partial charge < -0.3 is 9.88 Å². The molecule has 3 heterocycles. The van der Waals surface area contributed by atoms with E-state index in [1.807, 2.05) is 24.8 Å². The van der Waals surface area contributed by atoms with E-state index in [2.05, 4.69) is 43.9 Å². The molecule has 4 rings (SSSR count). The van der Waals surface area contributed by atoms with Gasteiger partial charge in [-0.2, -0.15) is 5.10 Å². The maximum absolute atomic E-state index is 4.49. The van der Waals surface area contributed by atoms with Gasteiger partial charge in [0.25, 0.3) is 0 Å². The molecule has 0 unspecified atom stereocenters. The predicted molar refractivity (Wildman–Crippen MR) is 82.1 cm³/mol. The molecule has 0 spiro atoms.